The van der Waals surface area contributed by atoms with E-state index in [-0.39, 0.29) is 17.6 Å². The van der Waals surface area contributed by atoms with E-state index in [0.717, 1.165) is 12.2 Å². The first-order valence-corrected chi connectivity index (χ1v) is 6.26. The minimum atomic E-state index is -0.678. The maximum atomic E-state index is 12.3. The SMILES string of the molecule is CC(C)C(=O)C1(C)Oc2ccccc2CC1C. The molecule has 1 aliphatic rings. The van der Waals surface area contributed by atoms with Crippen molar-refractivity contribution in [3.05, 3.63) is 29.8 Å². The van der Waals surface area contributed by atoms with Gasteiger partial charge in [-0.3, -0.25) is 4.79 Å². The van der Waals surface area contributed by atoms with Crippen molar-refractivity contribution in [3.63, 3.8) is 0 Å². The van der Waals surface area contributed by atoms with E-state index in [4.69, 9.17) is 4.74 Å². The molecule has 0 aliphatic carbocycles. The molecule has 0 spiro atoms. The van der Waals surface area contributed by atoms with Gasteiger partial charge in [0.2, 0.25) is 0 Å². The summed E-state index contributed by atoms with van der Waals surface area (Å²) in [4.78, 5) is 12.3. The van der Waals surface area contributed by atoms with Crippen molar-refractivity contribution >= 4 is 5.78 Å². The predicted molar refractivity (Wildman–Crippen MR) is 68.2 cm³/mol. The fourth-order valence-electron chi connectivity index (χ4n) is 2.49. The second-order valence-corrected chi connectivity index (χ2v) is 5.44. The number of hydrogen-bond donors (Lipinski definition) is 0. The summed E-state index contributed by atoms with van der Waals surface area (Å²) in [6.07, 6.45) is 0.908. The Hall–Kier alpha value is -1.31. The summed E-state index contributed by atoms with van der Waals surface area (Å²) in [5.41, 5.74) is 0.525. The van der Waals surface area contributed by atoms with Crippen LogP contribution in [0.5, 0.6) is 5.75 Å². The van der Waals surface area contributed by atoms with Gasteiger partial charge in [0.05, 0.1) is 0 Å². The molecule has 17 heavy (non-hydrogen) atoms. The third kappa shape index (κ3) is 1.97. The number of hydrogen-bond acceptors (Lipinski definition) is 2. The Morgan fingerprint density at radius 3 is 2.71 bits per heavy atom. The molecule has 0 aromatic heterocycles. The highest BCUT2D eigenvalue weighted by Crippen LogP contribution is 2.38. The number of carbonyl (C=O) groups excluding carboxylic acids is 1. The number of Topliss-reactive ketones (excluding diaryl/α,β-unsaturated/α-hetero) is 1. The molecule has 1 heterocycles. The van der Waals surface area contributed by atoms with Gasteiger partial charge in [0.1, 0.15) is 5.75 Å². The zero-order chi connectivity index (χ0) is 12.6. The van der Waals surface area contributed by atoms with Crippen molar-refractivity contribution in [2.45, 2.75) is 39.7 Å². The molecule has 1 aromatic rings. The maximum absolute atomic E-state index is 12.3. The summed E-state index contributed by atoms with van der Waals surface area (Å²) < 4.78 is 6.01. The third-order valence-corrected chi connectivity index (χ3v) is 3.77. The normalized spacial score (nSPS) is 27.5. The lowest BCUT2D eigenvalue weighted by molar-refractivity contribution is -0.141. The molecule has 0 bridgehead atoms. The van der Waals surface area contributed by atoms with Crippen molar-refractivity contribution in [1.29, 1.82) is 0 Å². The molecule has 0 saturated heterocycles. The summed E-state index contributed by atoms with van der Waals surface area (Å²) in [5, 5.41) is 0. The van der Waals surface area contributed by atoms with E-state index in [2.05, 4.69) is 13.0 Å². The molecule has 92 valence electrons. The van der Waals surface area contributed by atoms with Crippen LogP contribution in [0.1, 0.15) is 33.3 Å². The molecule has 2 rings (SSSR count). The van der Waals surface area contributed by atoms with Crippen LogP contribution in [0.3, 0.4) is 0 Å². The van der Waals surface area contributed by atoms with E-state index in [0.29, 0.717) is 0 Å². The number of benzene rings is 1. The lowest BCUT2D eigenvalue weighted by atomic mass is 9.77. The lowest BCUT2D eigenvalue weighted by Gasteiger charge is -2.40. The van der Waals surface area contributed by atoms with Gasteiger partial charge < -0.3 is 4.74 Å². The van der Waals surface area contributed by atoms with Crippen LogP contribution in [0, 0.1) is 11.8 Å². The largest absolute Gasteiger partial charge is 0.479 e. The van der Waals surface area contributed by atoms with E-state index in [1.807, 2.05) is 39.0 Å². The van der Waals surface area contributed by atoms with Gasteiger partial charge in [-0.2, -0.15) is 0 Å². The van der Waals surface area contributed by atoms with Crippen molar-refractivity contribution in [2.24, 2.45) is 11.8 Å². The fourth-order valence-corrected chi connectivity index (χ4v) is 2.49. The summed E-state index contributed by atoms with van der Waals surface area (Å²) >= 11 is 0. The molecular formula is C15H20O2. The van der Waals surface area contributed by atoms with Crippen LogP contribution in [0.2, 0.25) is 0 Å². The average molecular weight is 232 g/mol. The van der Waals surface area contributed by atoms with Crippen molar-refractivity contribution < 1.29 is 9.53 Å². The number of para-hydroxylation sites is 1. The highest BCUT2D eigenvalue weighted by Gasteiger charge is 2.45. The zero-order valence-electron chi connectivity index (χ0n) is 11.0. The van der Waals surface area contributed by atoms with Crippen LogP contribution in [0.25, 0.3) is 0 Å². The Morgan fingerprint density at radius 1 is 1.41 bits per heavy atom. The van der Waals surface area contributed by atoms with Gasteiger partial charge in [-0.15, -0.1) is 0 Å². The second-order valence-electron chi connectivity index (χ2n) is 5.44. The second kappa shape index (κ2) is 4.17. The summed E-state index contributed by atoms with van der Waals surface area (Å²) in [7, 11) is 0. The van der Waals surface area contributed by atoms with E-state index in [9.17, 15) is 4.79 Å². The number of fused-ring (bicyclic) bond motifs is 1. The highest BCUT2D eigenvalue weighted by atomic mass is 16.5. The molecule has 0 fully saturated rings. The number of ether oxygens (including phenoxy) is 1. The first kappa shape index (κ1) is 12.2. The third-order valence-electron chi connectivity index (χ3n) is 3.77. The quantitative estimate of drug-likeness (QED) is 0.782. The van der Waals surface area contributed by atoms with E-state index >= 15 is 0 Å². The molecular weight excluding hydrogens is 212 g/mol. The Kier molecular flexibility index (Phi) is 2.98. The van der Waals surface area contributed by atoms with Gasteiger partial charge in [0, 0.05) is 11.8 Å². The van der Waals surface area contributed by atoms with Crippen LogP contribution in [0.15, 0.2) is 24.3 Å². The topological polar surface area (TPSA) is 26.3 Å². The fraction of sp³-hybridized carbons (Fsp3) is 0.533. The molecule has 2 atom stereocenters. The summed E-state index contributed by atoms with van der Waals surface area (Å²) in [5.74, 6) is 1.28. The van der Waals surface area contributed by atoms with Crippen LogP contribution in [-0.4, -0.2) is 11.4 Å². The van der Waals surface area contributed by atoms with Crippen molar-refractivity contribution in [2.75, 3.05) is 0 Å². The first-order chi connectivity index (χ1) is 7.95. The molecule has 1 aromatic carbocycles. The number of carbonyl (C=O) groups is 1. The molecule has 0 N–H and O–H groups in total. The van der Waals surface area contributed by atoms with Crippen LogP contribution in [0.4, 0.5) is 0 Å². The Balaban J connectivity index is 2.37. The van der Waals surface area contributed by atoms with Gasteiger partial charge in [0.25, 0.3) is 0 Å². The Labute approximate surface area is 103 Å². The number of rotatable bonds is 2. The average Bonchev–Trinajstić information content (AvgIpc) is 2.29. The zero-order valence-corrected chi connectivity index (χ0v) is 11.0. The number of ketones is 1. The predicted octanol–water partition coefficient (Wildman–Crippen LogP) is 3.24. The molecule has 0 amide bonds. The Bertz CT molecular complexity index is 436. The van der Waals surface area contributed by atoms with Crippen molar-refractivity contribution in [1.82, 2.24) is 0 Å². The van der Waals surface area contributed by atoms with Crippen LogP contribution >= 0.6 is 0 Å². The maximum Gasteiger partial charge on any atom is 0.178 e. The van der Waals surface area contributed by atoms with Gasteiger partial charge in [-0.05, 0) is 25.0 Å². The Morgan fingerprint density at radius 2 is 2.06 bits per heavy atom. The molecule has 2 unspecified atom stereocenters. The van der Waals surface area contributed by atoms with Crippen LogP contribution < -0.4 is 4.74 Å². The molecule has 0 saturated carbocycles. The monoisotopic (exact) mass is 232 g/mol. The van der Waals surface area contributed by atoms with E-state index in [1.165, 1.54) is 5.56 Å². The van der Waals surface area contributed by atoms with Gasteiger partial charge in [-0.25, -0.2) is 0 Å². The van der Waals surface area contributed by atoms with E-state index in [1.54, 1.807) is 0 Å². The smallest absolute Gasteiger partial charge is 0.178 e. The summed E-state index contributed by atoms with van der Waals surface area (Å²) in [6, 6.07) is 8.00. The van der Waals surface area contributed by atoms with Gasteiger partial charge >= 0.3 is 0 Å². The molecule has 0 radical (unpaired) electrons. The first-order valence-electron chi connectivity index (χ1n) is 6.26. The minimum absolute atomic E-state index is 0.00714. The molecule has 1 aliphatic heterocycles. The van der Waals surface area contributed by atoms with Crippen molar-refractivity contribution in [3.8, 4) is 5.75 Å². The van der Waals surface area contributed by atoms with Crippen LogP contribution in [-0.2, 0) is 11.2 Å². The van der Waals surface area contributed by atoms with Gasteiger partial charge in [0.15, 0.2) is 11.4 Å². The minimum Gasteiger partial charge on any atom is -0.479 e. The van der Waals surface area contributed by atoms with Gasteiger partial charge in [-0.1, -0.05) is 39.0 Å². The molecule has 2 heteroatoms. The molecule has 2 nitrogen and oxygen atoms in total. The highest BCUT2D eigenvalue weighted by molar-refractivity contribution is 5.89. The lowest BCUT2D eigenvalue weighted by Crippen LogP contribution is -2.52. The van der Waals surface area contributed by atoms with E-state index < -0.39 is 5.60 Å². The summed E-state index contributed by atoms with van der Waals surface area (Å²) in [6.45, 7) is 7.89. The standard InChI is InChI=1S/C15H20O2/c1-10(2)14(16)15(4)11(3)9-12-7-5-6-8-13(12)17-15/h5-8,10-11H,9H2,1-4H3.